The lowest BCUT2D eigenvalue weighted by Crippen LogP contribution is -2.50. The van der Waals surface area contributed by atoms with Gasteiger partial charge < -0.3 is 21.1 Å². The normalized spacial score (nSPS) is 17.2. The lowest BCUT2D eigenvalue weighted by Gasteiger charge is -2.35. The van der Waals surface area contributed by atoms with Crippen LogP contribution in [-0.2, 0) is 4.79 Å². The van der Waals surface area contributed by atoms with E-state index in [9.17, 15) is 9.59 Å². The predicted octanol–water partition coefficient (Wildman–Crippen LogP) is -0.0159. The number of nitrogens with two attached hydrogens (primary N) is 1. The Morgan fingerprint density at radius 1 is 1.36 bits per heavy atom. The minimum Gasteiger partial charge on any atom is -0.395 e. The lowest BCUT2D eigenvalue weighted by molar-refractivity contribution is -0.133. The van der Waals surface area contributed by atoms with Crippen molar-refractivity contribution in [1.29, 1.82) is 0 Å². The summed E-state index contributed by atoms with van der Waals surface area (Å²) in [6.07, 6.45) is 0.212. The van der Waals surface area contributed by atoms with E-state index in [0.29, 0.717) is 19.6 Å². The van der Waals surface area contributed by atoms with Crippen molar-refractivity contribution in [2.24, 2.45) is 5.73 Å². The Morgan fingerprint density at radius 3 is 2.64 bits per heavy atom. The molecule has 0 aromatic carbocycles. The molecule has 0 unspecified atom stereocenters. The van der Waals surface area contributed by atoms with Crippen molar-refractivity contribution in [3.63, 3.8) is 0 Å². The summed E-state index contributed by atoms with van der Waals surface area (Å²) < 4.78 is 0. The third kappa shape index (κ3) is 4.69. The number of nitrogens with one attached hydrogen (secondary N) is 1. The van der Waals surface area contributed by atoms with Crippen LogP contribution < -0.4 is 11.1 Å². The first-order valence-corrected chi connectivity index (χ1v) is 8.18. The van der Waals surface area contributed by atoms with Crippen molar-refractivity contribution < 1.29 is 14.7 Å². The van der Waals surface area contributed by atoms with Gasteiger partial charge in [0.15, 0.2) is 0 Å². The van der Waals surface area contributed by atoms with Gasteiger partial charge >= 0.3 is 6.03 Å². The summed E-state index contributed by atoms with van der Waals surface area (Å²) in [5.41, 5.74) is 5.20. The Bertz CT molecular complexity index is 486. The van der Waals surface area contributed by atoms with E-state index < -0.39 is 6.03 Å². The molecule has 122 valence electrons. The number of β-amino-alcohol motifs (C(OH)–C–C–N with tert-alkyl or cyclic N) is 1. The fourth-order valence-electron chi connectivity index (χ4n) is 2.55. The Morgan fingerprint density at radius 2 is 2.09 bits per heavy atom. The van der Waals surface area contributed by atoms with Gasteiger partial charge in [-0.05, 0) is 11.4 Å². The summed E-state index contributed by atoms with van der Waals surface area (Å²) in [5, 5.41) is 13.5. The van der Waals surface area contributed by atoms with E-state index in [1.807, 2.05) is 17.5 Å². The Labute approximate surface area is 133 Å². The highest BCUT2D eigenvalue weighted by atomic mass is 32.1. The minimum absolute atomic E-state index is 0.01000. The van der Waals surface area contributed by atoms with E-state index in [1.54, 1.807) is 4.90 Å². The first-order valence-electron chi connectivity index (χ1n) is 7.30. The molecule has 3 amide bonds. The van der Waals surface area contributed by atoms with E-state index in [1.165, 1.54) is 11.3 Å². The van der Waals surface area contributed by atoms with Crippen LogP contribution in [0.25, 0.3) is 0 Å². The maximum absolute atomic E-state index is 12.4. The Kier molecular flexibility index (Phi) is 6.17. The number of thiophene rings is 1. The molecule has 1 aromatic heterocycles. The number of hydrogen-bond donors (Lipinski definition) is 3. The predicted molar refractivity (Wildman–Crippen MR) is 84.5 cm³/mol. The van der Waals surface area contributed by atoms with E-state index in [2.05, 4.69) is 10.2 Å². The van der Waals surface area contributed by atoms with Crippen molar-refractivity contribution in [2.75, 3.05) is 39.3 Å². The number of aliphatic hydroxyl groups excluding tert-OH is 1. The average molecular weight is 326 g/mol. The monoisotopic (exact) mass is 326 g/mol. The van der Waals surface area contributed by atoms with E-state index in [-0.39, 0.29) is 25.0 Å². The van der Waals surface area contributed by atoms with Crippen LogP contribution >= 0.6 is 11.3 Å². The zero-order valence-corrected chi connectivity index (χ0v) is 13.2. The molecule has 4 N–H and O–H groups in total. The van der Waals surface area contributed by atoms with Gasteiger partial charge in [0, 0.05) is 37.6 Å². The van der Waals surface area contributed by atoms with Crippen LogP contribution in [0.5, 0.6) is 0 Å². The fourth-order valence-corrected chi connectivity index (χ4v) is 3.33. The van der Waals surface area contributed by atoms with Crippen molar-refractivity contribution in [3.05, 3.63) is 22.4 Å². The smallest absolute Gasteiger partial charge is 0.312 e. The van der Waals surface area contributed by atoms with Crippen molar-refractivity contribution >= 4 is 23.3 Å². The Hall–Kier alpha value is -1.64. The molecule has 1 aliphatic heterocycles. The van der Waals surface area contributed by atoms with Gasteiger partial charge in [-0.25, -0.2) is 4.79 Å². The van der Waals surface area contributed by atoms with Crippen molar-refractivity contribution in [3.8, 4) is 0 Å². The zero-order valence-electron chi connectivity index (χ0n) is 12.4. The highest BCUT2D eigenvalue weighted by molar-refractivity contribution is 7.10. The van der Waals surface area contributed by atoms with Crippen LogP contribution in [-0.4, -0.2) is 66.2 Å². The van der Waals surface area contributed by atoms with Crippen LogP contribution in [0.1, 0.15) is 17.3 Å². The second kappa shape index (κ2) is 8.11. The molecule has 22 heavy (non-hydrogen) atoms. The molecule has 1 saturated heterocycles. The Balaban J connectivity index is 1.90. The van der Waals surface area contributed by atoms with Crippen LogP contribution in [0.15, 0.2) is 17.5 Å². The highest BCUT2D eigenvalue weighted by Crippen LogP contribution is 2.23. The molecule has 0 aliphatic carbocycles. The van der Waals surface area contributed by atoms with Gasteiger partial charge in [0.2, 0.25) is 5.91 Å². The van der Waals surface area contributed by atoms with Crippen LogP contribution in [0, 0.1) is 0 Å². The molecule has 1 fully saturated rings. The molecule has 0 bridgehead atoms. The number of aliphatic hydroxyl groups is 1. The first-order chi connectivity index (χ1) is 10.6. The standard InChI is InChI=1S/C14H22N4O3S/c15-14(21)16-11(12-2-1-9-22-12)10-13(20)18-5-3-17(4-6-18)7-8-19/h1-2,9,11,19H,3-8,10H2,(H3,15,16,21)/t11-/m1/s1. The van der Waals surface area contributed by atoms with Gasteiger partial charge in [-0.3, -0.25) is 9.69 Å². The topological polar surface area (TPSA) is 98.9 Å². The van der Waals surface area contributed by atoms with Gasteiger partial charge in [0.1, 0.15) is 0 Å². The van der Waals surface area contributed by atoms with Gasteiger partial charge in [-0.2, -0.15) is 0 Å². The number of primary amides is 1. The molecule has 0 radical (unpaired) electrons. The van der Waals surface area contributed by atoms with Crippen molar-refractivity contribution in [1.82, 2.24) is 15.1 Å². The van der Waals surface area contributed by atoms with E-state index >= 15 is 0 Å². The average Bonchev–Trinajstić information content (AvgIpc) is 3.01. The quantitative estimate of drug-likeness (QED) is 0.684. The second-order valence-electron chi connectivity index (χ2n) is 5.23. The molecule has 1 atom stereocenters. The molecule has 0 saturated carbocycles. The third-order valence-electron chi connectivity index (χ3n) is 3.72. The number of urea groups is 1. The zero-order chi connectivity index (χ0) is 15.9. The summed E-state index contributed by atoms with van der Waals surface area (Å²) >= 11 is 1.49. The van der Waals surface area contributed by atoms with Crippen molar-refractivity contribution in [2.45, 2.75) is 12.5 Å². The number of hydrogen-bond acceptors (Lipinski definition) is 5. The summed E-state index contributed by atoms with van der Waals surface area (Å²) in [7, 11) is 0. The fraction of sp³-hybridized carbons (Fsp3) is 0.571. The number of carbonyl (C=O) groups excluding carboxylic acids is 2. The van der Waals surface area contributed by atoms with Gasteiger partial charge in [-0.1, -0.05) is 6.07 Å². The van der Waals surface area contributed by atoms with E-state index in [0.717, 1.165) is 18.0 Å². The number of piperazine rings is 1. The number of amides is 3. The molecule has 0 spiro atoms. The molecule has 7 nitrogen and oxygen atoms in total. The largest absolute Gasteiger partial charge is 0.395 e. The second-order valence-corrected chi connectivity index (χ2v) is 6.21. The SMILES string of the molecule is NC(=O)N[C@H](CC(=O)N1CCN(CCO)CC1)c1cccs1. The molecular formula is C14H22N4O3S. The number of rotatable bonds is 6. The van der Waals surface area contributed by atoms with Gasteiger partial charge in [0.25, 0.3) is 0 Å². The molecule has 2 heterocycles. The molecular weight excluding hydrogens is 304 g/mol. The van der Waals surface area contributed by atoms with Crippen LogP contribution in [0.4, 0.5) is 4.79 Å². The maximum atomic E-state index is 12.4. The number of carbonyl (C=O) groups is 2. The number of nitrogens with zero attached hydrogens (tertiary/aromatic N) is 2. The lowest BCUT2D eigenvalue weighted by atomic mass is 10.1. The first kappa shape index (κ1) is 16.7. The van der Waals surface area contributed by atoms with Gasteiger partial charge in [0.05, 0.1) is 19.1 Å². The highest BCUT2D eigenvalue weighted by Gasteiger charge is 2.25. The summed E-state index contributed by atoms with van der Waals surface area (Å²) in [5.74, 6) is 0.01000. The molecule has 2 rings (SSSR count). The summed E-state index contributed by atoms with van der Waals surface area (Å²) in [6.45, 7) is 3.59. The van der Waals surface area contributed by atoms with E-state index in [4.69, 9.17) is 10.8 Å². The third-order valence-corrected chi connectivity index (χ3v) is 4.71. The van der Waals surface area contributed by atoms with Crippen LogP contribution in [0.2, 0.25) is 0 Å². The maximum Gasteiger partial charge on any atom is 0.312 e. The summed E-state index contributed by atoms with van der Waals surface area (Å²) in [4.78, 5) is 28.4. The van der Waals surface area contributed by atoms with Crippen LogP contribution in [0.3, 0.4) is 0 Å². The van der Waals surface area contributed by atoms with Gasteiger partial charge in [-0.15, -0.1) is 11.3 Å². The molecule has 1 aliphatic rings. The molecule has 8 heteroatoms. The minimum atomic E-state index is -0.626. The molecule has 1 aromatic rings. The summed E-state index contributed by atoms with van der Waals surface area (Å²) in [6, 6.07) is 2.77.